The smallest absolute Gasteiger partial charge is 0.283 e. The molecule has 0 atom stereocenters. The Morgan fingerprint density at radius 1 is 1.50 bits per heavy atom. The summed E-state index contributed by atoms with van der Waals surface area (Å²) in [6.07, 6.45) is 0. The zero-order valence-electron chi connectivity index (χ0n) is 7.68. The van der Waals surface area contributed by atoms with Gasteiger partial charge in [0.15, 0.2) is 0 Å². The van der Waals surface area contributed by atoms with E-state index in [1.807, 2.05) is 4.72 Å². The first kappa shape index (κ1) is 12.8. The van der Waals surface area contributed by atoms with Crippen LogP contribution in [0.4, 0.5) is 15.8 Å². The normalized spacial score (nSPS) is 11.1. The molecule has 1 N–H and O–H groups in total. The molecule has 0 radical (unpaired) electrons. The topological polar surface area (TPSA) is 89.3 Å². The number of nitrogens with zero attached hydrogens (tertiary/aromatic N) is 1. The minimum absolute atomic E-state index is 0.0625. The number of hydrogen-bond acceptors (Lipinski definition) is 4. The van der Waals surface area contributed by atoms with Gasteiger partial charge in [-0.1, -0.05) is 15.9 Å². The minimum Gasteiger partial charge on any atom is -0.283 e. The van der Waals surface area contributed by atoms with Gasteiger partial charge in [0, 0.05) is 6.07 Å². The van der Waals surface area contributed by atoms with E-state index in [0.29, 0.717) is 0 Å². The standard InChI is InChI=1S/C7H6BrFN2O4S/c8-4-16(14,15)10-5-1-2-6(9)7(3-5)11(12)13/h1-3,10H,4H2. The van der Waals surface area contributed by atoms with Gasteiger partial charge in [-0.3, -0.25) is 14.8 Å². The van der Waals surface area contributed by atoms with Crippen molar-refractivity contribution < 1.29 is 17.7 Å². The van der Waals surface area contributed by atoms with Crippen molar-refractivity contribution in [3.05, 3.63) is 34.1 Å². The number of hydrogen-bond donors (Lipinski definition) is 1. The summed E-state index contributed by atoms with van der Waals surface area (Å²) in [5, 5.41) is 10.4. The van der Waals surface area contributed by atoms with Crippen LogP contribution in [0.3, 0.4) is 0 Å². The molecule has 0 aliphatic rings. The third-order valence-electron chi connectivity index (χ3n) is 1.56. The molecule has 16 heavy (non-hydrogen) atoms. The summed E-state index contributed by atoms with van der Waals surface area (Å²) in [5.74, 6) is -1.02. The summed E-state index contributed by atoms with van der Waals surface area (Å²) in [5.41, 5.74) is -0.845. The Morgan fingerprint density at radius 2 is 2.12 bits per heavy atom. The molecule has 9 heteroatoms. The van der Waals surface area contributed by atoms with E-state index in [0.717, 1.165) is 18.2 Å². The average molecular weight is 313 g/mol. The van der Waals surface area contributed by atoms with Crippen molar-refractivity contribution in [1.82, 2.24) is 0 Å². The maximum absolute atomic E-state index is 12.9. The van der Waals surface area contributed by atoms with E-state index in [4.69, 9.17) is 0 Å². The molecule has 0 aliphatic heterocycles. The van der Waals surface area contributed by atoms with E-state index in [2.05, 4.69) is 15.9 Å². The lowest BCUT2D eigenvalue weighted by molar-refractivity contribution is -0.387. The van der Waals surface area contributed by atoms with Gasteiger partial charge >= 0.3 is 5.69 Å². The van der Waals surface area contributed by atoms with Crippen LogP contribution in [0.15, 0.2) is 18.2 Å². The van der Waals surface area contributed by atoms with Crippen LogP contribution in [0, 0.1) is 15.9 Å². The fraction of sp³-hybridized carbons (Fsp3) is 0.143. The summed E-state index contributed by atoms with van der Waals surface area (Å²) in [6.45, 7) is 0. The SMILES string of the molecule is O=[N+]([O-])c1cc(NS(=O)(=O)CBr)ccc1F. The number of nitro benzene ring substituents is 1. The largest absolute Gasteiger partial charge is 0.306 e. The van der Waals surface area contributed by atoms with Crippen LogP contribution in [0.2, 0.25) is 0 Å². The fourth-order valence-electron chi connectivity index (χ4n) is 0.923. The lowest BCUT2D eigenvalue weighted by Gasteiger charge is -2.04. The summed E-state index contributed by atoms with van der Waals surface area (Å²) < 4.78 is 36.8. The Balaban J connectivity index is 3.09. The second-order valence-corrected chi connectivity index (χ2v) is 5.77. The van der Waals surface area contributed by atoms with E-state index in [1.54, 1.807) is 0 Å². The molecule has 0 saturated carbocycles. The van der Waals surface area contributed by atoms with Gasteiger partial charge in [-0.25, -0.2) is 8.42 Å². The molecule has 0 aliphatic carbocycles. The predicted molar refractivity (Wildman–Crippen MR) is 59.4 cm³/mol. The molecule has 0 unspecified atom stereocenters. The van der Waals surface area contributed by atoms with Gasteiger partial charge in [0.05, 0.1) is 10.6 Å². The minimum atomic E-state index is -3.61. The molecular weight excluding hydrogens is 307 g/mol. The van der Waals surface area contributed by atoms with Gasteiger partial charge in [-0.05, 0) is 12.1 Å². The van der Waals surface area contributed by atoms with Crippen LogP contribution in [0.1, 0.15) is 0 Å². The van der Waals surface area contributed by atoms with Crippen LogP contribution in [0.25, 0.3) is 0 Å². The highest BCUT2D eigenvalue weighted by molar-refractivity contribution is 9.10. The third kappa shape index (κ3) is 3.14. The van der Waals surface area contributed by atoms with E-state index in [1.165, 1.54) is 0 Å². The summed E-state index contributed by atoms with van der Waals surface area (Å²) >= 11 is 2.73. The first-order valence-electron chi connectivity index (χ1n) is 3.86. The van der Waals surface area contributed by atoms with Crippen molar-refractivity contribution in [2.75, 3.05) is 9.38 Å². The van der Waals surface area contributed by atoms with Gasteiger partial charge in [-0.2, -0.15) is 4.39 Å². The number of nitrogens with one attached hydrogen (secondary N) is 1. The number of anilines is 1. The first-order chi connectivity index (χ1) is 7.35. The Kier molecular flexibility index (Phi) is 3.81. The molecule has 0 amide bonds. The van der Waals surface area contributed by atoms with Gasteiger partial charge < -0.3 is 0 Å². The zero-order chi connectivity index (χ0) is 12.3. The molecule has 0 bridgehead atoms. The number of halogens is 2. The molecule has 0 fully saturated rings. The number of nitro groups is 1. The predicted octanol–water partition coefficient (Wildman–Crippen LogP) is 1.83. The molecule has 1 rings (SSSR count). The second-order valence-electron chi connectivity index (χ2n) is 2.75. The molecule has 0 heterocycles. The molecule has 88 valence electrons. The van der Waals surface area contributed by atoms with Crippen LogP contribution in [-0.2, 0) is 10.0 Å². The van der Waals surface area contributed by atoms with E-state index < -0.39 is 26.5 Å². The molecule has 1 aromatic rings. The van der Waals surface area contributed by atoms with Crippen LogP contribution in [0.5, 0.6) is 0 Å². The lowest BCUT2D eigenvalue weighted by Crippen LogP contribution is -2.13. The molecular formula is C7H6BrFN2O4S. The van der Waals surface area contributed by atoms with Gasteiger partial charge in [-0.15, -0.1) is 0 Å². The number of alkyl halides is 1. The second kappa shape index (κ2) is 4.74. The van der Waals surface area contributed by atoms with Crippen molar-refractivity contribution in [2.45, 2.75) is 0 Å². The first-order valence-corrected chi connectivity index (χ1v) is 6.63. The highest BCUT2D eigenvalue weighted by Crippen LogP contribution is 2.22. The van der Waals surface area contributed by atoms with Gasteiger partial charge in [0.2, 0.25) is 15.8 Å². The van der Waals surface area contributed by atoms with E-state index >= 15 is 0 Å². The molecule has 6 nitrogen and oxygen atoms in total. The van der Waals surface area contributed by atoms with E-state index in [9.17, 15) is 22.9 Å². The van der Waals surface area contributed by atoms with Crippen molar-refractivity contribution in [3.8, 4) is 0 Å². The maximum atomic E-state index is 12.9. The fourth-order valence-corrected chi connectivity index (χ4v) is 1.81. The number of sulfonamides is 1. The average Bonchev–Trinajstić information content (AvgIpc) is 2.20. The quantitative estimate of drug-likeness (QED) is 0.522. The summed E-state index contributed by atoms with van der Waals surface area (Å²) in [7, 11) is -3.61. The lowest BCUT2D eigenvalue weighted by atomic mass is 10.3. The monoisotopic (exact) mass is 312 g/mol. The Bertz CT molecular complexity index is 519. The highest BCUT2D eigenvalue weighted by Gasteiger charge is 2.16. The molecule has 0 spiro atoms. The van der Waals surface area contributed by atoms with Crippen LogP contribution in [-0.4, -0.2) is 18.0 Å². The number of rotatable bonds is 4. The summed E-state index contributed by atoms with van der Waals surface area (Å²) in [6, 6.07) is 2.74. The zero-order valence-corrected chi connectivity index (χ0v) is 10.1. The molecule has 0 saturated heterocycles. The third-order valence-corrected chi connectivity index (χ3v) is 4.20. The van der Waals surface area contributed by atoms with Gasteiger partial charge in [0.25, 0.3) is 0 Å². The van der Waals surface area contributed by atoms with Crippen molar-refractivity contribution in [2.24, 2.45) is 0 Å². The number of benzene rings is 1. The summed E-state index contributed by atoms with van der Waals surface area (Å²) in [4.78, 5) is 9.46. The molecule has 0 aromatic heterocycles. The van der Waals surface area contributed by atoms with E-state index in [-0.39, 0.29) is 10.3 Å². The van der Waals surface area contributed by atoms with Gasteiger partial charge in [0.1, 0.15) is 4.66 Å². The Labute approximate surface area is 98.8 Å². The molecule has 1 aromatic carbocycles. The van der Waals surface area contributed by atoms with Crippen molar-refractivity contribution in [3.63, 3.8) is 0 Å². The Hall–Kier alpha value is -1.22. The van der Waals surface area contributed by atoms with Crippen molar-refractivity contribution >= 4 is 37.3 Å². The van der Waals surface area contributed by atoms with Crippen molar-refractivity contribution in [1.29, 1.82) is 0 Å². The van der Waals surface area contributed by atoms with Crippen LogP contribution < -0.4 is 4.72 Å². The highest BCUT2D eigenvalue weighted by atomic mass is 79.9. The van der Waals surface area contributed by atoms with Crippen LogP contribution >= 0.6 is 15.9 Å². The maximum Gasteiger partial charge on any atom is 0.306 e. The Morgan fingerprint density at radius 3 is 2.62 bits per heavy atom.